The lowest BCUT2D eigenvalue weighted by atomic mass is 10.0. The Balaban J connectivity index is 1.60. The van der Waals surface area contributed by atoms with Gasteiger partial charge in [0.15, 0.2) is 5.82 Å². The third kappa shape index (κ3) is 4.66. The number of morpholine rings is 1. The summed E-state index contributed by atoms with van der Waals surface area (Å²) in [5, 5.41) is 3.61. The van der Waals surface area contributed by atoms with Crippen LogP contribution in [0.5, 0.6) is 0 Å². The van der Waals surface area contributed by atoms with E-state index in [0.717, 1.165) is 55.6 Å². The number of aromatic nitrogens is 3. The van der Waals surface area contributed by atoms with E-state index in [2.05, 4.69) is 58.3 Å². The highest BCUT2D eigenvalue weighted by Crippen LogP contribution is 2.25. The first-order chi connectivity index (χ1) is 14.6. The van der Waals surface area contributed by atoms with Crippen LogP contribution in [0.1, 0.15) is 28.4 Å². The molecule has 2 aromatic heterocycles. The van der Waals surface area contributed by atoms with Crippen LogP contribution >= 0.6 is 0 Å². The van der Waals surface area contributed by atoms with E-state index in [0.29, 0.717) is 5.82 Å². The van der Waals surface area contributed by atoms with E-state index in [9.17, 15) is 0 Å². The summed E-state index contributed by atoms with van der Waals surface area (Å²) in [5.74, 6) is 1.52. The molecule has 3 heterocycles. The summed E-state index contributed by atoms with van der Waals surface area (Å²) >= 11 is 0. The van der Waals surface area contributed by atoms with Crippen LogP contribution in [0.15, 0.2) is 48.7 Å². The van der Waals surface area contributed by atoms with Crippen molar-refractivity contribution >= 4 is 5.82 Å². The third-order valence-electron chi connectivity index (χ3n) is 5.69. The number of ether oxygens (including phenoxy) is 1. The van der Waals surface area contributed by atoms with Crippen molar-refractivity contribution in [3.63, 3.8) is 0 Å². The van der Waals surface area contributed by atoms with Gasteiger partial charge < -0.3 is 10.1 Å². The average molecular weight is 404 g/mol. The van der Waals surface area contributed by atoms with Gasteiger partial charge in [-0.05, 0) is 38.5 Å². The second-order valence-corrected chi connectivity index (χ2v) is 7.78. The zero-order chi connectivity index (χ0) is 20.9. The van der Waals surface area contributed by atoms with Gasteiger partial charge in [0.25, 0.3) is 0 Å². The SMILES string of the molecule is Cc1ccc(C(CNc2nc(-c3ccccn3)nc(C)c2C)N2CCOCC2)cc1. The number of hydrogen-bond acceptors (Lipinski definition) is 6. The summed E-state index contributed by atoms with van der Waals surface area (Å²) in [5.41, 5.74) is 5.40. The minimum atomic E-state index is 0.252. The van der Waals surface area contributed by atoms with Crippen molar-refractivity contribution in [2.75, 3.05) is 38.2 Å². The van der Waals surface area contributed by atoms with Gasteiger partial charge in [0.2, 0.25) is 0 Å². The fraction of sp³-hybridized carbons (Fsp3) is 0.375. The van der Waals surface area contributed by atoms with Gasteiger partial charge >= 0.3 is 0 Å². The van der Waals surface area contributed by atoms with Crippen molar-refractivity contribution in [2.45, 2.75) is 26.8 Å². The molecule has 1 N–H and O–H groups in total. The van der Waals surface area contributed by atoms with Crippen LogP contribution in [0.4, 0.5) is 5.82 Å². The maximum absolute atomic E-state index is 5.58. The van der Waals surface area contributed by atoms with Crippen molar-refractivity contribution < 1.29 is 4.74 Å². The summed E-state index contributed by atoms with van der Waals surface area (Å²) in [6, 6.07) is 14.9. The van der Waals surface area contributed by atoms with Crippen molar-refractivity contribution in [2.24, 2.45) is 0 Å². The van der Waals surface area contributed by atoms with Crippen molar-refractivity contribution in [1.82, 2.24) is 19.9 Å². The first-order valence-corrected chi connectivity index (χ1v) is 10.5. The molecule has 1 saturated heterocycles. The van der Waals surface area contributed by atoms with Crippen LogP contribution in [0.25, 0.3) is 11.5 Å². The second-order valence-electron chi connectivity index (χ2n) is 7.78. The molecule has 0 aliphatic carbocycles. The van der Waals surface area contributed by atoms with Gasteiger partial charge in [0.1, 0.15) is 11.5 Å². The number of pyridine rings is 1. The number of aryl methyl sites for hydroxylation is 2. The molecule has 0 radical (unpaired) electrons. The summed E-state index contributed by atoms with van der Waals surface area (Å²) in [6.07, 6.45) is 1.77. The van der Waals surface area contributed by atoms with Gasteiger partial charge in [0, 0.05) is 37.1 Å². The third-order valence-corrected chi connectivity index (χ3v) is 5.69. The molecular weight excluding hydrogens is 374 g/mol. The first kappa shape index (κ1) is 20.4. The quantitative estimate of drug-likeness (QED) is 0.672. The van der Waals surface area contributed by atoms with Crippen molar-refractivity contribution in [3.05, 3.63) is 71.0 Å². The van der Waals surface area contributed by atoms with Crippen LogP contribution in [-0.4, -0.2) is 52.7 Å². The molecular formula is C24H29N5O. The monoisotopic (exact) mass is 403 g/mol. The van der Waals surface area contributed by atoms with Gasteiger partial charge in [-0.3, -0.25) is 9.88 Å². The zero-order valence-corrected chi connectivity index (χ0v) is 17.9. The number of hydrogen-bond donors (Lipinski definition) is 1. The van der Waals surface area contributed by atoms with Gasteiger partial charge in [0.05, 0.1) is 19.3 Å². The Morgan fingerprint density at radius 1 is 1.00 bits per heavy atom. The highest BCUT2D eigenvalue weighted by atomic mass is 16.5. The Morgan fingerprint density at radius 3 is 2.47 bits per heavy atom. The lowest BCUT2D eigenvalue weighted by Gasteiger charge is -2.35. The van der Waals surface area contributed by atoms with E-state index in [1.807, 2.05) is 25.1 Å². The second kappa shape index (κ2) is 9.32. The van der Waals surface area contributed by atoms with Crippen molar-refractivity contribution in [1.29, 1.82) is 0 Å². The highest BCUT2D eigenvalue weighted by molar-refractivity contribution is 5.56. The van der Waals surface area contributed by atoms with Crippen LogP contribution in [-0.2, 0) is 4.74 Å². The van der Waals surface area contributed by atoms with Gasteiger partial charge in [-0.1, -0.05) is 35.9 Å². The maximum atomic E-state index is 5.58. The number of nitrogens with one attached hydrogen (secondary N) is 1. The predicted molar refractivity (Wildman–Crippen MR) is 120 cm³/mol. The minimum absolute atomic E-state index is 0.252. The number of anilines is 1. The van der Waals surface area contributed by atoms with Gasteiger partial charge in [-0.15, -0.1) is 0 Å². The minimum Gasteiger partial charge on any atom is -0.379 e. The number of benzene rings is 1. The van der Waals surface area contributed by atoms with Crippen LogP contribution in [0.3, 0.4) is 0 Å². The summed E-state index contributed by atoms with van der Waals surface area (Å²) in [4.78, 5) is 16.3. The smallest absolute Gasteiger partial charge is 0.180 e. The standard InChI is InChI=1S/C24H29N5O/c1-17-7-9-20(10-8-17)22(29-12-14-30-15-13-29)16-26-23-18(2)19(3)27-24(28-23)21-6-4-5-11-25-21/h4-11,22H,12-16H2,1-3H3,(H,26,27,28). The normalized spacial score (nSPS) is 15.7. The van der Waals surface area contributed by atoms with E-state index in [-0.39, 0.29) is 6.04 Å². The Kier molecular flexibility index (Phi) is 6.35. The van der Waals surface area contributed by atoms with E-state index in [1.54, 1.807) is 6.20 Å². The fourth-order valence-electron chi connectivity index (χ4n) is 3.74. The summed E-state index contributed by atoms with van der Waals surface area (Å²) < 4.78 is 5.58. The molecule has 1 aliphatic heterocycles. The van der Waals surface area contributed by atoms with Gasteiger partial charge in [-0.2, -0.15) is 0 Å². The molecule has 0 spiro atoms. The first-order valence-electron chi connectivity index (χ1n) is 10.5. The fourth-order valence-corrected chi connectivity index (χ4v) is 3.74. The molecule has 0 amide bonds. The molecule has 0 saturated carbocycles. The molecule has 1 unspecified atom stereocenters. The number of rotatable bonds is 6. The summed E-state index contributed by atoms with van der Waals surface area (Å²) in [6.45, 7) is 10.4. The molecule has 6 heteroatoms. The molecule has 1 aliphatic rings. The van der Waals surface area contributed by atoms with E-state index < -0.39 is 0 Å². The van der Waals surface area contributed by atoms with Crippen LogP contribution in [0, 0.1) is 20.8 Å². The zero-order valence-electron chi connectivity index (χ0n) is 17.9. The molecule has 0 bridgehead atoms. The molecule has 1 fully saturated rings. The molecule has 156 valence electrons. The van der Waals surface area contributed by atoms with E-state index in [4.69, 9.17) is 9.72 Å². The Bertz CT molecular complexity index is 969. The van der Waals surface area contributed by atoms with Crippen molar-refractivity contribution in [3.8, 4) is 11.5 Å². The molecule has 3 aromatic rings. The topological polar surface area (TPSA) is 63.2 Å². The highest BCUT2D eigenvalue weighted by Gasteiger charge is 2.23. The predicted octanol–water partition coefficient (Wildman–Crippen LogP) is 3.95. The Morgan fingerprint density at radius 2 is 1.77 bits per heavy atom. The van der Waals surface area contributed by atoms with Crippen LogP contribution < -0.4 is 5.32 Å². The summed E-state index contributed by atoms with van der Waals surface area (Å²) in [7, 11) is 0. The van der Waals surface area contributed by atoms with E-state index >= 15 is 0 Å². The molecule has 4 rings (SSSR count). The van der Waals surface area contributed by atoms with Crippen LogP contribution in [0.2, 0.25) is 0 Å². The largest absolute Gasteiger partial charge is 0.379 e. The number of nitrogens with zero attached hydrogens (tertiary/aromatic N) is 4. The molecule has 1 atom stereocenters. The Hall–Kier alpha value is -2.83. The average Bonchev–Trinajstić information content (AvgIpc) is 2.79. The molecule has 30 heavy (non-hydrogen) atoms. The molecule has 1 aromatic carbocycles. The Labute approximate surface area is 178 Å². The molecule has 6 nitrogen and oxygen atoms in total. The van der Waals surface area contributed by atoms with E-state index in [1.165, 1.54) is 11.1 Å². The van der Waals surface area contributed by atoms with Gasteiger partial charge in [-0.25, -0.2) is 9.97 Å². The lowest BCUT2D eigenvalue weighted by molar-refractivity contribution is 0.0187. The maximum Gasteiger partial charge on any atom is 0.180 e. The lowest BCUT2D eigenvalue weighted by Crippen LogP contribution is -2.41.